The predicted molar refractivity (Wildman–Crippen MR) is 63.5 cm³/mol. The van der Waals surface area contributed by atoms with Gasteiger partial charge in [-0.2, -0.15) is 0 Å². The number of β-amino-alcohol motifs (C(OH)–C–C–N with tert-alkyl or cyclic N) is 1. The van der Waals surface area contributed by atoms with E-state index < -0.39 is 0 Å². The molecular formula is C13H19NO2. The van der Waals surface area contributed by atoms with Crippen molar-refractivity contribution < 1.29 is 9.84 Å². The van der Waals surface area contributed by atoms with Crippen LogP contribution < -0.4 is 4.74 Å². The number of methoxy groups -OCH3 is 1. The maximum absolute atomic E-state index is 9.59. The first kappa shape index (κ1) is 11.4. The number of likely N-dealkylation sites (tertiary alicyclic amines) is 1. The third-order valence-electron chi connectivity index (χ3n) is 3.02. The van der Waals surface area contributed by atoms with Crippen LogP contribution in [0.2, 0.25) is 0 Å². The number of nitrogens with zero attached hydrogens (tertiary/aromatic N) is 1. The quantitative estimate of drug-likeness (QED) is 0.842. The first-order valence-corrected chi connectivity index (χ1v) is 5.81. The third-order valence-corrected chi connectivity index (χ3v) is 3.02. The monoisotopic (exact) mass is 221 g/mol. The second-order valence-electron chi connectivity index (χ2n) is 4.38. The average molecular weight is 221 g/mol. The molecule has 3 heteroatoms. The van der Waals surface area contributed by atoms with Crippen LogP contribution in [0.1, 0.15) is 18.4 Å². The molecule has 1 aliphatic rings. The summed E-state index contributed by atoms with van der Waals surface area (Å²) in [5.74, 6) is 0.898. The Morgan fingerprint density at radius 3 is 3.12 bits per heavy atom. The van der Waals surface area contributed by atoms with Crippen LogP contribution >= 0.6 is 0 Å². The maximum Gasteiger partial charge on any atom is 0.119 e. The number of hydrogen-bond acceptors (Lipinski definition) is 3. The van der Waals surface area contributed by atoms with Gasteiger partial charge in [0, 0.05) is 13.1 Å². The van der Waals surface area contributed by atoms with E-state index in [0.717, 1.165) is 38.2 Å². The van der Waals surface area contributed by atoms with Gasteiger partial charge in [-0.05, 0) is 37.1 Å². The lowest BCUT2D eigenvalue weighted by Crippen LogP contribution is -2.37. The van der Waals surface area contributed by atoms with Gasteiger partial charge in [-0.3, -0.25) is 4.90 Å². The van der Waals surface area contributed by atoms with Crippen LogP contribution in [0.15, 0.2) is 24.3 Å². The summed E-state index contributed by atoms with van der Waals surface area (Å²) in [6.45, 7) is 2.76. The highest BCUT2D eigenvalue weighted by molar-refractivity contribution is 5.28. The van der Waals surface area contributed by atoms with Crippen LogP contribution in [0.5, 0.6) is 5.75 Å². The largest absolute Gasteiger partial charge is 0.497 e. The molecule has 0 bridgehead atoms. The molecule has 0 radical (unpaired) electrons. The van der Waals surface area contributed by atoms with Gasteiger partial charge < -0.3 is 9.84 Å². The van der Waals surface area contributed by atoms with E-state index in [0.29, 0.717) is 0 Å². The van der Waals surface area contributed by atoms with Crippen molar-refractivity contribution in [3.05, 3.63) is 29.8 Å². The first-order valence-electron chi connectivity index (χ1n) is 5.81. The fourth-order valence-electron chi connectivity index (χ4n) is 2.20. The van der Waals surface area contributed by atoms with Gasteiger partial charge in [0.1, 0.15) is 5.75 Å². The second-order valence-corrected chi connectivity index (χ2v) is 4.38. The van der Waals surface area contributed by atoms with Gasteiger partial charge in [-0.15, -0.1) is 0 Å². The van der Waals surface area contributed by atoms with Gasteiger partial charge in [0.05, 0.1) is 13.2 Å². The molecule has 1 aromatic carbocycles. The molecule has 1 aromatic rings. The van der Waals surface area contributed by atoms with Crippen LogP contribution in [0.4, 0.5) is 0 Å². The molecule has 1 aliphatic heterocycles. The Morgan fingerprint density at radius 2 is 2.38 bits per heavy atom. The third kappa shape index (κ3) is 2.97. The zero-order chi connectivity index (χ0) is 11.4. The summed E-state index contributed by atoms with van der Waals surface area (Å²) < 4.78 is 5.20. The van der Waals surface area contributed by atoms with Crippen LogP contribution in [-0.4, -0.2) is 36.3 Å². The Hall–Kier alpha value is -1.06. The minimum atomic E-state index is -0.153. The van der Waals surface area contributed by atoms with E-state index in [1.807, 2.05) is 12.1 Å². The second kappa shape index (κ2) is 5.32. The Bertz CT molecular complexity index is 340. The molecule has 0 amide bonds. The number of piperidine rings is 1. The number of ether oxygens (including phenoxy) is 1. The van der Waals surface area contributed by atoms with Crippen molar-refractivity contribution in [1.82, 2.24) is 4.90 Å². The zero-order valence-corrected chi connectivity index (χ0v) is 9.72. The lowest BCUT2D eigenvalue weighted by molar-refractivity contribution is 0.0668. The van der Waals surface area contributed by atoms with E-state index in [1.165, 1.54) is 5.56 Å². The van der Waals surface area contributed by atoms with Crippen molar-refractivity contribution in [1.29, 1.82) is 0 Å². The van der Waals surface area contributed by atoms with Gasteiger partial charge in [0.15, 0.2) is 0 Å². The number of aliphatic hydroxyl groups is 1. The molecule has 88 valence electrons. The van der Waals surface area contributed by atoms with E-state index in [9.17, 15) is 5.11 Å². The number of aliphatic hydroxyl groups excluding tert-OH is 1. The van der Waals surface area contributed by atoms with E-state index in [4.69, 9.17) is 4.74 Å². The maximum atomic E-state index is 9.59. The number of rotatable bonds is 3. The van der Waals surface area contributed by atoms with Crippen molar-refractivity contribution in [3.8, 4) is 5.75 Å². The smallest absolute Gasteiger partial charge is 0.119 e. The zero-order valence-electron chi connectivity index (χ0n) is 9.72. The van der Waals surface area contributed by atoms with Crippen LogP contribution in [0.25, 0.3) is 0 Å². The summed E-state index contributed by atoms with van der Waals surface area (Å²) in [6.07, 6.45) is 1.87. The highest BCUT2D eigenvalue weighted by Crippen LogP contribution is 2.17. The molecule has 1 fully saturated rings. The van der Waals surface area contributed by atoms with E-state index in [2.05, 4.69) is 17.0 Å². The molecule has 3 nitrogen and oxygen atoms in total. The first-order chi connectivity index (χ1) is 7.78. The summed E-state index contributed by atoms with van der Waals surface area (Å²) in [4.78, 5) is 2.29. The van der Waals surface area contributed by atoms with Gasteiger partial charge in [-0.1, -0.05) is 12.1 Å². The standard InChI is InChI=1S/C13H19NO2/c1-16-13-6-2-4-11(8-13)9-14-7-3-5-12(15)10-14/h2,4,6,8,12,15H,3,5,7,9-10H2,1H3/t12-/m0/s1. The Balaban J connectivity index is 1.97. The lowest BCUT2D eigenvalue weighted by atomic mass is 10.1. The van der Waals surface area contributed by atoms with Crippen LogP contribution in [0.3, 0.4) is 0 Å². The molecule has 16 heavy (non-hydrogen) atoms. The molecule has 1 N–H and O–H groups in total. The highest BCUT2D eigenvalue weighted by Gasteiger charge is 2.17. The molecule has 0 spiro atoms. The minimum Gasteiger partial charge on any atom is -0.497 e. The highest BCUT2D eigenvalue weighted by atomic mass is 16.5. The molecular weight excluding hydrogens is 202 g/mol. The molecule has 0 unspecified atom stereocenters. The summed E-state index contributed by atoms with van der Waals surface area (Å²) in [6, 6.07) is 8.12. The fraction of sp³-hybridized carbons (Fsp3) is 0.538. The normalized spacial score (nSPS) is 22.0. The summed E-state index contributed by atoms with van der Waals surface area (Å²) in [5, 5.41) is 9.59. The van der Waals surface area contributed by atoms with Crippen molar-refractivity contribution in [2.24, 2.45) is 0 Å². The van der Waals surface area contributed by atoms with Crippen molar-refractivity contribution in [2.75, 3.05) is 20.2 Å². The van der Waals surface area contributed by atoms with Gasteiger partial charge in [0.2, 0.25) is 0 Å². The van der Waals surface area contributed by atoms with Crippen LogP contribution in [0, 0.1) is 0 Å². The molecule has 0 saturated carbocycles. The molecule has 2 rings (SSSR count). The summed E-state index contributed by atoms with van der Waals surface area (Å²) >= 11 is 0. The lowest BCUT2D eigenvalue weighted by Gasteiger charge is -2.29. The number of hydrogen-bond donors (Lipinski definition) is 1. The average Bonchev–Trinajstić information content (AvgIpc) is 2.29. The minimum absolute atomic E-state index is 0.153. The van der Waals surface area contributed by atoms with E-state index >= 15 is 0 Å². The summed E-state index contributed by atoms with van der Waals surface area (Å²) in [5.41, 5.74) is 1.24. The molecule has 0 aliphatic carbocycles. The van der Waals surface area contributed by atoms with Crippen LogP contribution in [-0.2, 0) is 6.54 Å². The molecule has 1 atom stereocenters. The number of benzene rings is 1. The SMILES string of the molecule is COc1cccc(CN2CCC[C@H](O)C2)c1. The topological polar surface area (TPSA) is 32.7 Å². The van der Waals surface area contributed by atoms with Gasteiger partial charge in [0.25, 0.3) is 0 Å². The van der Waals surface area contributed by atoms with Gasteiger partial charge >= 0.3 is 0 Å². The van der Waals surface area contributed by atoms with Crippen molar-refractivity contribution in [2.45, 2.75) is 25.5 Å². The predicted octanol–water partition coefficient (Wildman–Crippen LogP) is 1.65. The molecule has 1 saturated heterocycles. The Morgan fingerprint density at radius 1 is 1.50 bits per heavy atom. The van der Waals surface area contributed by atoms with Crippen molar-refractivity contribution >= 4 is 0 Å². The van der Waals surface area contributed by atoms with E-state index in [-0.39, 0.29) is 6.10 Å². The van der Waals surface area contributed by atoms with E-state index in [1.54, 1.807) is 7.11 Å². The molecule has 0 aromatic heterocycles. The fourth-order valence-corrected chi connectivity index (χ4v) is 2.20. The van der Waals surface area contributed by atoms with Gasteiger partial charge in [-0.25, -0.2) is 0 Å². The Labute approximate surface area is 96.6 Å². The van der Waals surface area contributed by atoms with Crippen molar-refractivity contribution in [3.63, 3.8) is 0 Å². The summed E-state index contributed by atoms with van der Waals surface area (Å²) in [7, 11) is 1.68. The molecule has 1 heterocycles. The Kier molecular flexibility index (Phi) is 3.80.